The van der Waals surface area contributed by atoms with Gasteiger partial charge in [0.1, 0.15) is 0 Å². The Balaban J connectivity index is 1.48. The molecule has 0 saturated carbocycles. The summed E-state index contributed by atoms with van der Waals surface area (Å²) in [6.07, 6.45) is 6.14. The number of nitrogens with one attached hydrogen (secondary N) is 1. The highest BCUT2D eigenvalue weighted by Gasteiger charge is 2.20. The lowest BCUT2D eigenvalue weighted by Crippen LogP contribution is -2.24. The third-order valence-corrected chi connectivity index (χ3v) is 4.68. The zero-order chi connectivity index (χ0) is 20.2. The number of anilines is 1. The van der Waals surface area contributed by atoms with Crippen LogP contribution in [-0.4, -0.2) is 31.0 Å². The van der Waals surface area contributed by atoms with Gasteiger partial charge >= 0.3 is 0 Å². The molecule has 0 radical (unpaired) electrons. The van der Waals surface area contributed by atoms with E-state index in [9.17, 15) is 9.59 Å². The number of ketones is 1. The number of nitrogens with zero attached hydrogens (tertiary/aromatic N) is 4. The zero-order valence-corrected chi connectivity index (χ0v) is 16.0. The average Bonchev–Trinajstić information content (AvgIpc) is 3.40. The molecule has 0 spiro atoms. The number of para-hydroxylation sites is 1. The van der Waals surface area contributed by atoms with Crippen LogP contribution in [0, 0.1) is 0 Å². The van der Waals surface area contributed by atoms with Crippen molar-refractivity contribution in [3.63, 3.8) is 0 Å². The van der Waals surface area contributed by atoms with Gasteiger partial charge < -0.3 is 4.57 Å². The molecule has 4 aromatic rings. The first-order valence-corrected chi connectivity index (χ1v) is 9.20. The van der Waals surface area contributed by atoms with Crippen molar-refractivity contribution in [2.75, 3.05) is 5.32 Å². The molecule has 0 fully saturated rings. The molecule has 4 rings (SSSR count). The lowest BCUT2D eigenvalue weighted by molar-refractivity contribution is -0.112. The maximum atomic E-state index is 12.5. The smallest absolute Gasteiger partial charge is 0.299 e. The van der Waals surface area contributed by atoms with Gasteiger partial charge in [-0.25, -0.2) is 9.67 Å². The van der Waals surface area contributed by atoms with Crippen LogP contribution in [0.3, 0.4) is 0 Å². The Hall–Kier alpha value is -3.71. The highest BCUT2D eigenvalue weighted by molar-refractivity contribution is 6.46. The normalized spacial score (nSPS) is 10.7. The number of carbonyl (C=O) groups is 2. The molecule has 2 heterocycles. The number of imidazole rings is 1. The van der Waals surface area contributed by atoms with Crippen LogP contribution in [0.5, 0.6) is 0 Å². The van der Waals surface area contributed by atoms with Gasteiger partial charge in [0.15, 0.2) is 0 Å². The SMILES string of the molecule is O=C(Nc1nccn1Cc1ccccc1Cl)C(=O)c1cnn(-c2ccccc2)c1. The summed E-state index contributed by atoms with van der Waals surface area (Å²) >= 11 is 6.20. The summed E-state index contributed by atoms with van der Waals surface area (Å²) < 4.78 is 3.25. The van der Waals surface area contributed by atoms with Crippen LogP contribution in [-0.2, 0) is 11.3 Å². The molecule has 0 bridgehead atoms. The Labute approximate surface area is 171 Å². The van der Waals surface area contributed by atoms with E-state index in [1.54, 1.807) is 27.7 Å². The van der Waals surface area contributed by atoms with E-state index in [1.807, 2.05) is 48.5 Å². The first-order chi connectivity index (χ1) is 14.1. The largest absolute Gasteiger partial charge is 0.313 e. The third kappa shape index (κ3) is 4.09. The number of benzene rings is 2. The highest BCUT2D eigenvalue weighted by Crippen LogP contribution is 2.18. The molecule has 0 aliphatic heterocycles. The summed E-state index contributed by atoms with van der Waals surface area (Å²) in [7, 11) is 0. The number of carbonyl (C=O) groups excluding carboxylic acids is 2. The molecule has 2 aromatic heterocycles. The van der Waals surface area contributed by atoms with Gasteiger partial charge in [0.05, 0.1) is 24.0 Å². The summed E-state index contributed by atoms with van der Waals surface area (Å²) in [5.41, 5.74) is 1.86. The summed E-state index contributed by atoms with van der Waals surface area (Å²) in [6, 6.07) is 16.7. The monoisotopic (exact) mass is 405 g/mol. The van der Waals surface area contributed by atoms with Crippen LogP contribution >= 0.6 is 11.6 Å². The quantitative estimate of drug-likeness (QED) is 0.392. The Morgan fingerprint density at radius 1 is 1.03 bits per heavy atom. The van der Waals surface area contributed by atoms with Crippen LogP contribution < -0.4 is 5.32 Å². The molecule has 1 amide bonds. The molecule has 0 atom stereocenters. The number of Topliss-reactive ketones (excluding diaryl/α,β-unsaturated/α-hetero) is 1. The molecule has 0 aliphatic carbocycles. The van der Waals surface area contributed by atoms with Gasteiger partial charge in [-0.3, -0.25) is 14.9 Å². The standard InChI is InChI=1S/C21H16ClN5O2/c22-18-9-5-4-6-15(18)13-26-11-10-23-21(26)25-20(29)19(28)16-12-24-27(14-16)17-7-2-1-3-8-17/h1-12,14H,13H2,(H,23,25,29). The van der Waals surface area contributed by atoms with Crippen molar-refractivity contribution >= 4 is 29.2 Å². The number of hydrogen-bond donors (Lipinski definition) is 1. The number of halogens is 1. The second kappa shape index (κ2) is 8.12. The number of hydrogen-bond acceptors (Lipinski definition) is 4. The van der Waals surface area contributed by atoms with E-state index in [1.165, 1.54) is 12.4 Å². The summed E-state index contributed by atoms with van der Waals surface area (Å²) in [5.74, 6) is -1.22. The van der Waals surface area contributed by atoms with Crippen LogP contribution in [0.15, 0.2) is 79.4 Å². The van der Waals surface area contributed by atoms with E-state index in [4.69, 9.17) is 11.6 Å². The van der Waals surface area contributed by atoms with Crippen LogP contribution in [0.2, 0.25) is 5.02 Å². The van der Waals surface area contributed by atoms with Crippen molar-refractivity contribution in [3.8, 4) is 5.69 Å². The molecule has 8 heteroatoms. The van der Waals surface area contributed by atoms with Crippen molar-refractivity contribution in [2.24, 2.45) is 0 Å². The lowest BCUT2D eigenvalue weighted by Gasteiger charge is -2.09. The van der Waals surface area contributed by atoms with E-state index in [0.29, 0.717) is 11.6 Å². The fourth-order valence-electron chi connectivity index (χ4n) is 2.82. The minimum Gasteiger partial charge on any atom is -0.313 e. The van der Waals surface area contributed by atoms with Gasteiger partial charge in [0, 0.05) is 23.6 Å². The van der Waals surface area contributed by atoms with Crippen molar-refractivity contribution in [3.05, 3.63) is 95.5 Å². The van der Waals surface area contributed by atoms with Gasteiger partial charge in [-0.05, 0) is 23.8 Å². The Kier molecular flexibility index (Phi) is 5.22. The summed E-state index contributed by atoms with van der Waals surface area (Å²) in [4.78, 5) is 29.1. The Bertz CT molecular complexity index is 1170. The van der Waals surface area contributed by atoms with Gasteiger partial charge in [-0.15, -0.1) is 0 Å². The highest BCUT2D eigenvalue weighted by atomic mass is 35.5. The second-order valence-electron chi connectivity index (χ2n) is 6.26. The van der Waals surface area contributed by atoms with Gasteiger partial charge in [-0.1, -0.05) is 48.0 Å². The summed E-state index contributed by atoms with van der Waals surface area (Å²) in [5, 5.41) is 7.32. The Morgan fingerprint density at radius 2 is 1.79 bits per heavy atom. The third-order valence-electron chi connectivity index (χ3n) is 4.31. The second-order valence-corrected chi connectivity index (χ2v) is 6.67. The lowest BCUT2D eigenvalue weighted by atomic mass is 10.2. The van der Waals surface area contributed by atoms with E-state index >= 15 is 0 Å². The van der Waals surface area contributed by atoms with Crippen LogP contribution in [0.1, 0.15) is 15.9 Å². The maximum absolute atomic E-state index is 12.5. The first-order valence-electron chi connectivity index (χ1n) is 8.82. The van der Waals surface area contributed by atoms with Gasteiger partial charge in [0.2, 0.25) is 5.95 Å². The van der Waals surface area contributed by atoms with Crippen molar-refractivity contribution in [1.82, 2.24) is 19.3 Å². The predicted molar refractivity (Wildman–Crippen MR) is 109 cm³/mol. The van der Waals surface area contributed by atoms with Gasteiger partial charge in [-0.2, -0.15) is 5.10 Å². The van der Waals surface area contributed by atoms with Crippen LogP contribution in [0.4, 0.5) is 5.95 Å². The van der Waals surface area contributed by atoms with Crippen molar-refractivity contribution in [1.29, 1.82) is 0 Å². The molecule has 2 aromatic carbocycles. The molecule has 7 nitrogen and oxygen atoms in total. The first kappa shape index (κ1) is 18.6. The maximum Gasteiger partial charge on any atom is 0.299 e. The number of aromatic nitrogens is 4. The van der Waals surface area contributed by atoms with Crippen LogP contribution in [0.25, 0.3) is 5.69 Å². The molecule has 29 heavy (non-hydrogen) atoms. The predicted octanol–water partition coefficient (Wildman–Crippen LogP) is 3.59. The summed E-state index contributed by atoms with van der Waals surface area (Å²) in [6.45, 7) is 0.412. The van der Waals surface area contributed by atoms with Crippen molar-refractivity contribution < 1.29 is 9.59 Å². The molecule has 0 aliphatic rings. The minimum absolute atomic E-state index is 0.190. The molecule has 0 saturated heterocycles. The Morgan fingerprint density at radius 3 is 2.59 bits per heavy atom. The molecule has 1 N–H and O–H groups in total. The number of amides is 1. The van der Waals surface area contributed by atoms with Crippen molar-refractivity contribution in [2.45, 2.75) is 6.54 Å². The molecular formula is C21H16ClN5O2. The van der Waals surface area contributed by atoms with Gasteiger partial charge in [0.25, 0.3) is 11.7 Å². The zero-order valence-electron chi connectivity index (χ0n) is 15.2. The topological polar surface area (TPSA) is 81.8 Å². The van der Waals surface area contributed by atoms with E-state index < -0.39 is 11.7 Å². The average molecular weight is 406 g/mol. The molecular weight excluding hydrogens is 390 g/mol. The van der Waals surface area contributed by atoms with E-state index in [0.717, 1.165) is 11.3 Å². The fourth-order valence-corrected chi connectivity index (χ4v) is 3.02. The van der Waals surface area contributed by atoms with E-state index in [2.05, 4.69) is 15.4 Å². The molecule has 144 valence electrons. The number of rotatable bonds is 6. The minimum atomic E-state index is -0.788. The van der Waals surface area contributed by atoms with E-state index in [-0.39, 0.29) is 11.5 Å². The fraction of sp³-hybridized carbons (Fsp3) is 0.0476. The molecule has 0 unspecified atom stereocenters.